The number of aliphatic hydroxyl groups excluding tert-OH is 1. The van der Waals surface area contributed by atoms with Crippen LogP contribution in [0.1, 0.15) is 45.6 Å². The van der Waals surface area contributed by atoms with Crippen LogP contribution in [0.15, 0.2) is 12.4 Å². The standard InChI is InChI=1S/C14H25N3O/c1-14(2,3)17-10-12(9-16-17)8-15-7-11-4-5-13(18)6-11/h9-11,13,15,18H,4-8H2,1-3H3. The van der Waals surface area contributed by atoms with Gasteiger partial charge in [0, 0.05) is 18.3 Å². The molecule has 1 saturated carbocycles. The third-order valence-corrected chi connectivity index (χ3v) is 3.60. The van der Waals surface area contributed by atoms with Crippen LogP contribution in [0.25, 0.3) is 0 Å². The lowest BCUT2D eigenvalue weighted by Crippen LogP contribution is -2.23. The van der Waals surface area contributed by atoms with Crippen molar-refractivity contribution in [1.82, 2.24) is 15.1 Å². The highest BCUT2D eigenvalue weighted by Crippen LogP contribution is 2.24. The van der Waals surface area contributed by atoms with Crippen LogP contribution in [0.2, 0.25) is 0 Å². The Bertz CT molecular complexity index is 381. The van der Waals surface area contributed by atoms with Crippen LogP contribution in [0.4, 0.5) is 0 Å². The molecule has 2 N–H and O–H groups in total. The second-order valence-corrected chi connectivity index (χ2v) is 6.43. The minimum absolute atomic E-state index is 0.0494. The molecule has 4 heteroatoms. The summed E-state index contributed by atoms with van der Waals surface area (Å²) in [6.07, 6.45) is 7.04. The molecule has 0 aliphatic heterocycles. The predicted molar refractivity (Wildman–Crippen MR) is 72.3 cm³/mol. The Kier molecular flexibility index (Phi) is 4.07. The van der Waals surface area contributed by atoms with Gasteiger partial charge in [-0.3, -0.25) is 4.68 Å². The van der Waals surface area contributed by atoms with Gasteiger partial charge in [-0.2, -0.15) is 5.10 Å². The Balaban J connectivity index is 1.75. The van der Waals surface area contributed by atoms with Gasteiger partial charge in [0.05, 0.1) is 17.8 Å². The van der Waals surface area contributed by atoms with Crippen LogP contribution in [0.3, 0.4) is 0 Å². The van der Waals surface area contributed by atoms with Crippen molar-refractivity contribution in [3.63, 3.8) is 0 Å². The van der Waals surface area contributed by atoms with E-state index in [4.69, 9.17) is 0 Å². The van der Waals surface area contributed by atoms with Crippen molar-refractivity contribution in [1.29, 1.82) is 0 Å². The fraction of sp³-hybridized carbons (Fsp3) is 0.786. The zero-order chi connectivity index (χ0) is 13.2. The first-order valence-electron chi connectivity index (χ1n) is 6.88. The monoisotopic (exact) mass is 251 g/mol. The van der Waals surface area contributed by atoms with Crippen LogP contribution < -0.4 is 5.32 Å². The van der Waals surface area contributed by atoms with Crippen LogP contribution in [0, 0.1) is 5.92 Å². The predicted octanol–water partition coefficient (Wildman–Crippen LogP) is 1.89. The highest BCUT2D eigenvalue weighted by Gasteiger charge is 2.22. The fourth-order valence-corrected chi connectivity index (χ4v) is 2.47. The molecule has 0 spiro atoms. The molecule has 1 aromatic heterocycles. The smallest absolute Gasteiger partial charge is 0.0543 e. The van der Waals surface area contributed by atoms with Gasteiger partial charge < -0.3 is 10.4 Å². The van der Waals surface area contributed by atoms with E-state index in [1.807, 2.05) is 10.9 Å². The van der Waals surface area contributed by atoms with Crippen molar-refractivity contribution in [3.05, 3.63) is 18.0 Å². The second-order valence-electron chi connectivity index (χ2n) is 6.43. The van der Waals surface area contributed by atoms with Crippen LogP contribution >= 0.6 is 0 Å². The van der Waals surface area contributed by atoms with Crippen molar-refractivity contribution in [2.24, 2.45) is 5.92 Å². The van der Waals surface area contributed by atoms with Crippen molar-refractivity contribution in [2.75, 3.05) is 6.54 Å². The number of hydrogen-bond acceptors (Lipinski definition) is 3. The summed E-state index contributed by atoms with van der Waals surface area (Å²) in [5, 5.41) is 17.3. The lowest BCUT2D eigenvalue weighted by molar-refractivity contribution is 0.177. The van der Waals surface area contributed by atoms with Gasteiger partial charge in [-0.15, -0.1) is 0 Å². The Morgan fingerprint density at radius 3 is 2.78 bits per heavy atom. The molecule has 1 aromatic rings. The number of nitrogens with zero attached hydrogens (tertiary/aromatic N) is 2. The average Bonchev–Trinajstić information content (AvgIpc) is 2.87. The van der Waals surface area contributed by atoms with Gasteiger partial charge >= 0.3 is 0 Å². The minimum Gasteiger partial charge on any atom is -0.393 e. The summed E-state index contributed by atoms with van der Waals surface area (Å²) in [5.41, 5.74) is 1.27. The Morgan fingerprint density at radius 1 is 1.44 bits per heavy atom. The first-order chi connectivity index (χ1) is 8.45. The highest BCUT2D eigenvalue weighted by molar-refractivity contribution is 5.04. The van der Waals surface area contributed by atoms with Gasteiger partial charge in [-0.25, -0.2) is 0 Å². The summed E-state index contributed by atoms with van der Waals surface area (Å²) in [7, 11) is 0. The van der Waals surface area contributed by atoms with E-state index in [1.54, 1.807) is 0 Å². The van der Waals surface area contributed by atoms with E-state index in [2.05, 4.69) is 37.4 Å². The van der Waals surface area contributed by atoms with E-state index in [-0.39, 0.29) is 11.6 Å². The van der Waals surface area contributed by atoms with E-state index >= 15 is 0 Å². The summed E-state index contributed by atoms with van der Waals surface area (Å²) in [6.45, 7) is 8.31. The molecule has 2 unspecified atom stereocenters. The number of aromatic nitrogens is 2. The molecule has 1 aliphatic rings. The van der Waals surface area contributed by atoms with Gasteiger partial charge in [0.15, 0.2) is 0 Å². The zero-order valence-electron chi connectivity index (χ0n) is 11.7. The molecular formula is C14H25N3O. The average molecular weight is 251 g/mol. The quantitative estimate of drug-likeness (QED) is 0.859. The Hall–Kier alpha value is -0.870. The molecule has 0 radical (unpaired) electrons. The first-order valence-corrected chi connectivity index (χ1v) is 6.88. The molecule has 1 fully saturated rings. The summed E-state index contributed by atoms with van der Waals surface area (Å²) in [4.78, 5) is 0. The van der Waals surface area contributed by atoms with Gasteiger partial charge in [-0.05, 0) is 52.5 Å². The molecule has 1 heterocycles. The number of aliphatic hydroxyl groups is 1. The molecule has 4 nitrogen and oxygen atoms in total. The van der Waals surface area contributed by atoms with Gasteiger partial charge in [0.2, 0.25) is 0 Å². The van der Waals surface area contributed by atoms with E-state index in [1.165, 1.54) is 5.56 Å². The topological polar surface area (TPSA) is 50.1 Å². The van der Waals surface area contributed by atoms with Crippen molar-refractivity contribution in [3.8, 4) is 0 Å². The molecule has 0 bridgehead atoms. The number of nitrogens with one attached hydrogen (secondary N) is 1. The largest absolute Gasteiger partial charge is 0.393 e. The van der Waals surface area contributed by atoms with Gasteiger partial charge in [0.1, 0.15) is 0 Å². The SMILES string of the molecule is CC(C)(C)n1cc(CNCC2CCC(O)C2)cn1. The van der Waals surface area contributed by atoms with E-state index < -0.39 is 0 Å². The lowest BCUT2D eigenvalue weighted by atomic mass is 10.1. The maximum absolute atomic E-state index is 9.47. The first kappa shape index (κ1) is 13.6. The number of hydrogen-bond donors (Lipinski definition) is 2. The van der Waals surface area contributed by atoms with Crippen molar-refractivity contribution < 1.29 is 5.11 Å². The molecule has 18 heavy (non-hydrogen) atoms. The molecule has 2 rings (SSSR count). The van der Waals surface area contributed by atoms with Crippen molar-refractivity contribution >= 4 is 0 Å². The normalized spacial score (nSPS) is 24.7. The Labute approximate surface area is 109 Å². The summed E-state index contributed by atoms with van der Waals surface area (Å²) in [5.74, 6) is 0.637. The summed E-state index contributed by atoms with van der Waals surface area (Å²) < 4.78 is 2.00. The summed E-state index contributed by atoms with van der Waals surface area (Å²) >= 11 is 0. The third kappa shape index (κ3) is 3.56. The highest BCUT2D eigenvalue weighted by atomic mass is 16.3. The zero-order valence-corrected chi connectivity index (χ0v) is 11.7. The minimum atomic E-state index is -0.0690. The van der Waals surface area contributed by atoms with E-state index in [0.29, 0.717) is 5.92 Å². The second kappa shape index (κ2) is 5.41. The van der Waals surface area contributed by atoms with Gasteiger partial charge in [-0.1, -0.05) is 0 Å². The molecule has 2 atom stereocenters. The maximum atomic E-state index is 9.47. The fourth-order valence-electron chi connectivity index (χ4n) is 2.47. The number of rotatable bonds is 4. The van der Waals surface area contributed by atoms with Gasteiger partial charge in [0.25, 0.3) is 0 Å². The third-order valence-electron chi connectivity index (χ3n) is 3.60. The van der Waals surface area contributed by atoms with Crippen LogP contribution in [0.5, 0.6) is 0 Å². The van der Waals surface area contributed by atoms with E-state index in [9.17, 15) is 5.11 Å². The maximum Gasteiger partial charge on any atom is 0.0543 e. The summed E-state index contributed by atoms with van der Waals surface area (Å²) in [6, 6.07) is 0. The van der Waals surface area contributed by atoms with Crippen LogP contribution in [-0.2, 0) is 12.1 Å². The molecular weight excluding hydrogens is 226 g/mol. The molecule has 0 saturated heterocycles. The lowest BCUT2D eigenvalue weighted by Gasteiger charge is -2.18. The molecule has 0 aromatic carbocycles. The van der Waals surface area contributed by atoms with Crippen molar-refractivity contribution in [2.45, 2.75) is 58.2 Å². The molecule has 102 valence electrons. The van der Waals surface area contributed by atoms with E-state index in [0.717, 1.165) is 32.4 Å². The molecule has 1 aliphatic carbocycles. The Morgan fingerprint density at radius 2 is 2.22 bits per heavy atom. The molecule has 0 amide bonds. The van der Waals surface area contributed by atoms with Crippen LogP contribution in [-0.4, -0.2) is 27.5 Å².